The topological polar surface area (TPSA) is 15.3 Å². The van der Waals surface area contributed by atoms with Crippen LogP contribution in [0.15, 0.2) is 24.3 Å². The number of likely N-dealkylation sites (N-methyl/N-ethyl adjacent to an activating group) is 1. The summed E-state index contributed by atoms with van der Waals surface area (Å²) in [5.41, 5.74) is 1.43. The molecular formula is C12H17ClN2. The van der Waals surface area contributed by atoms with Gasteiger partial charge in [-0.2, -0.15) is 0 Å². The number of nitrogens with zero attached hydrogens (tertiary/aromatic N) is 1. The monoisotopic (exact) mass is 224 g/mol. The highest BCUT2D eigenvalue weighted by Gasteiger charge is 2.37. The van der Waals surface area contributed by atoms with Crippen molar-refractivity contribution >= 4 is 11.6 Å². The lowest BCUT2D eigenvalue weighted by atomic mass is 9.88. The van der Waals surface area contributed by atoms with Crippen LogP contribution in [0.4, 0.5) is 0 Å². The van der Waals surface area contributed by atoms with Crippen LogP contribution in [-0.4, -0.2) is 32.1 Å². The van der Waals surface area contributed by atoms with E-state index in [1.54, 1.807) is 0 Å². The van der Waals surface area contributed by atoms with E-state index in [0.29, 0.717) is 0 Å². The van der Waals surface area contributed by atoms with E-state index in [1.807, 2.05) is 12.1 Å². The molecule has 1 unspecified atom stereocenters. The summed E-state index contributed by atoms with van der Waals surface area (Å²) in [5.74, 6) is 0. The maximum atomic E-state index is 6.05. The van der Waals surface area contributed by atoms with Gasteiger partial charge in [-0.05, 0) is 44.8 Å². The van der Waals surface area contributed by atoms with Crippen LogP contribution in [0.3, 0.4) is 0 Å². The second-order valence-corrected chi connectivity index (χ2v) is 4.80. The quantitative estimate of drug-likeness (QED) is 0.828. The average molecular weight is 225 g/mol. The normalized spacial score (nSPS) is 26.1. The second-order valence-electron chi connectivity index (χ2n) is 4.36. The molecule has 1 fully saturated rings. The standard InChI is InChI=1S/C12H17ClN2/c1-15(2)12(6-7-14-9-12)10-4-3-5-11(13)8-10/h3-5,8,14H,6-7,9H2,1-2H3. The molecule has 15 heavy (non-hydrogen) atoms. The summed E-state index contributed by atoms with van der Waals surface area (Å²) in [7, 11) is 4.27. The molecule has 1 heterocycles. The second kappa shape index (κ2) is 4.12. The van der Waals surface area contributed by atoms with Crippen LogP contribution in [-0.2, 0) is 5.54 Å². The molecule has 1 aromatic carbocycles. The zero-order valence-electron chi connectivity index (χ0n) is 9.26. The summed E-state index contributed by atoms with van der Waals surface area (Å²) in [6.45, 7) is 2.07. The fourth-order valence-corrected chi connectivity index (χ4v) is 2.53. The van der Waals surface area contributed by atoms with E-state index in [-0.39, 0.29) is 5.54 Å². The first-order chi connectivity index (χ1) is 7.15. The summed E-state index contributed by atoms with van der Waals surface area (Å²) in [6, 6.07) is 8.20. The van der Waals surface area contributed by atoms with Crippen molar-refractivity contribution in [1.29, 1.82) is 0 Å². The molecule has 0 amide bonds. The molecule has 1 aliphatic heterocycles. The van der Waals surface area contributed by atoms with Crippen LogP contribution in [0.25, 0.3) is 0 Å². The SMILES string of the molecule is CN(C)C1(c2cccc(Cl)c2)CCNC1. The third kappa shape index (κ3) is 1.89. The number of benzene rings is 1. The Labute approximate surface area is 96.2 Å². The van der Waals surface area contributed by atoms with Gasteiger partial charge in [-0.25, -0.2) is 0 Å². The highest BCUT2D eigenvalue weighted by Crippen LogP contribution is 2.33. The number of rotatable bonds is 2. The first-order valence-corrected chi connectivity index (χ1v) is 5.67. The van der Waals surface area contributed by atoms with Gasteiger partial charge < -0.3 is 5.32 Å². The lowest BCUT2D eigenvalue weighted by Gasteiger charge is -2.36. The number of hydrogen-bond donors (Lipinski definition) is 1. The van der Waals surface area contributed by atoms with E-state index in [1.165, 1.54) is 5.56 Å². The van der Waals surface area contributed by atoms with Gasteiger partial charge in [0.25, 0.3) is 0 Å². The number of halogens is 1. The Morgan fingerprint density at radius 2 is 2.20 bits per heavy atom. The van der Waals surface area contributed by atoms with Gasteiger partial charge in [-0.3, -0.25) is 4.90 Å². The Hall–Kier alpha value is -0.570. The van der Waals surface area contributed by atoms with Crippen molar-refractivity contribution in [3.05, 3.63) is 34.9 Å². The van der Waals surface area contributed by atoms with E-state index in [4.69, 9.17) is 11.6 Å². The summed E-state index contributed by atoms with van der Waals surface area (Å²) in [4.78, 5) is 2.29. The zero-order valence-corrected chi connectivity index (χ0v) is 10.0. The molecule has 1 aromatic rings. The summed E-state index contributed by atoms with van der Waals surface area (Å²) < 4.78 is 0. The summed E-state index contributed by atoms with van der Waals surface area (Å²) in [6.07, 6.45) is 1.14. The minimum Gasteiger partial charge on any atom is -0.314 e. The lowest BCUT2D eigenvalue weighted by molar-refractivity contribution is 0.174. The molecule has 0 spiro atoms. The Morgan fingerprint density at radius 3 is 2.73 bits per heavy atom. The number of nitrogens with one attached hydrogen (secondary N) is 1. The van der Waals surface area contributed by atoms with E-state index in [9.17, 15) is 0 Å². The Morgan fingerprint density at radius 1 is 1.40 bits per heavy atom. The third-order valence-corrected chi connectivity index (χ3v) is 3.59. The maximum Gasteiger partial charge on any atom is 0.0593 e. The van der Waals surface area contributed by atoms with Crippen molar-refractivity contribution in [3.63, 3.8) is 0 Å². The van der Waals surface area contributed by atoms with Gasteiger partial charge in [0, 0.05) is 11.6 Å². The summed E-state index contributed by atoms with van der Waals surface area (Å²) in [5, 5.41) is 4.25. The molecule has 0 radical (unpaired) electrons. The number of hydrogen-bond acceptors (Lipinski definition) is 2. The largest absolute Gasteiger partial charge is 0.314 e. The fourth-order valence-electron chi connectivity index (χ4n) is 2.34. The molecule has 0 bridgehead atoms. The van der Waals surface area contributed by atoms with Gasteiger partial charge in [-0.15, -0.1) is 0 Å². The smallest absolute Gasteiger partial charge is 0.0593 e. The van der Waals surface area contributed by atoms with E-state index in [0.717, 1.165) is 24.5 Å². The summed E-state index contributed by atoms with van der Waals surface area (Å²) >= 11 is 6.05. The van der Waals surface area contributed by atoms with E-state index < -0.39 is 0 Å². The molecule has 1 N–H and O–H groups in total. The van der Waals surface area contributed by atoms with Gasteiger partial charge in [0.05, 0.1) is 5.54 Å². The van der Waals surface area contributed by atoms with Crippen LogP contribution >= 0.6 is 11.6 Å². The Bertz CT molecular complexity index is 343. The third-order valence-electron chi connectivity index (χ3n) is 3.35. The van der Waals surface area contributed by atoms with E-state index in [2.05, 4.69) is 36.4 Å². The highest BCUT2D eigenvalue weighted by molar-refractivity contribution is 6.30. The molecule has 82 valence electrons. The van der Waals surface area contributed by atoms with E-state index >= 15 is 0 Å². The minimum absolute atomic E-state index is 0.116. The molecule has 1 saturated heterocycles. The van der Waals surface area contributed by atoms with Crippen LogP contribution in [0.2, 0.25) is 5.02 Å². The highest BCUT2D eigenvalue weighted by atomic mass is 35.5. The molecule has 1 atom stereocenters. The van der Waals surface area contributed by atoms with Crippen molar-refractivity contribution in [3.8, 4) is 0 Å². The molecule has 3 heteroatoms. The molecule has 0 aromatic heterocycles. The Balaban J connectivity index is 2.41. The molecule has 0 aliphatic carbocycles. The first-order valence-electron chi connectivity index (χ1n) is 5.29. The predicted molar refractivity (Wildman–Crippen MR) is 64.3 cm³/mol. The fraction of sp³-hybridized carbons (Fsp3) is 0.500. The minimum atomic E-state index is 0.116. The van der Waals surface area contributed by atoms with Crippen molar-refractivity contribution in [2.75, 3.05) is 27.2 Å². The molecule has 2 nitrogen and oxygen atoms in total. The van der Waals surface area contributed by atoms with Crippen molar-refractivity contribution in [2.24, 2.45) is 0 Å². The zero-order chi connectivity index (χ0) is 10.9. The predicted octanol–water partition coefficient (Wildman–Crippen LogP) is 2.09. The molecule has 0 saturated carbocycles. The molecule has 2 rings (SSSR count). The van der Waals surface area contributed by atoms with Gasteiger partial charge in [0.1, 0.15) is 0 Å². The lowest BCUT2D eigenvalue weighted by Crippen LogP contribution is -2.43. The Kier molecular flexibility index (Phi) is 3.01. The van der Waals surface area contributed by atoms with Gasteiger partial charge in [0.2, 0.25) is 0 Å². The molecule has 1 aliphatic rings. The van der Waals surface area contributed by atoms with Crippen molar-refractivity contribution in [2.45, 2.75) is 12.0 Å². The van der Waals surface area contributed by atoms with Gasteiger partial charge in [0.15, 0.2) is 0 Å². The van der Waals surface area contributed by atoms with Crippen LogP contribution in [0, 0.1) is 0 Å². The van der Waals surface area contributed by atoms with Crippen molar-refractivity contribution < 1.29 is 0 Å². The van der Waals surface area contributed by atoms with Crippen LogP contribution < -0.4 is 5.32 Å². The average Bonchev–Trinajstić information content (AvgIpc) is 2.67. The van der Waals surface area contributed by atoms with Gasteiger partial charge >= 0.3 is 0 Å². The van der Waals surface area contributed by atoms with Gasteiger partial charge in [-0.1, -0.05) is 23.7 Å². The van der Waals surface area contributed by atoms with Crippen molar-refractivity contribution in [1.82, 2.24) is 10.2 Å². The van der Waals surface area contributed by atoms with Crippen LogP contribution in [0.5, 0.6) is 0 Å². The molecular weight excluding hydrogens is 208 g/mol. The van der Waals surface area contributed by atoms with Crippen LogP contribution in [0.1, 0.15) is 12.0 Å². The first kappa shape index (κ1) is 10.9. The maximum absolute atomic E-state index is 6.05.